The molecule has 3 rings (SSSR count). The summed E-state index contributed by atoms with van der Waals surface area (Å²) in [5.41, 5.74) is 3.91. The number of amides is 3. The van der Waals surface area contributed by atoms with Gasteiger partial charge in [0.1, 0.15) is 6.33 Å². The lowest BCUT2D eigenvalue weighted by Gasteiger charge is -2.13. The van der Waals surface area contributed by atoms with Gasteiger partial charge >= 0.3 is 6.03 Å². The van der Waals surface area contributed by atoms with Crippen molar-refractivity contribution >= 4 is 23.3 Å². The molecule has 3 N–H and O–H groups in total. The number of carbonyl (C=O) groups is 2. The second kappa shape index (κ2) is 9.64. The van der Waals surface area contributed by atoms with Crippen LogP contribution in [0.3, 0.4) is 0 Å². The first-order chi connectivity index (χ1) is 14.5. The smallest absolute Gasteiger partial charge is 0.319 e. The van der Waals surface area contributed by atoms with E-state index < -0.39 is 0 Å². The average molecular weight is 407 g/mol. The maximum atomic E-state index is 12.4. The minimum absolute atomic E-state index is 0.0155. The Morgan fingerprint density at radius 3 is 2.70 bits per heavy atom. The van der Waals surface area contributed by atoms with E-state index in [9.17, 15) is 9.59 Å². The molecule has 0 fully saturated rings. The summed E-state index contributed by atoms with van der Waals surface area (Å²) in [5.74, 6) is -0.0665. The van der Waals surface area contributed by atoms with Gasteiger partial charge in [-0.25, -0.2) is 9.48 Å². The Kier molecular flexibility index (Phi) is 6.74. The summed E-state index contributed by atoms with van der Waals surface area (Å²) in [6.07, 6.45) is 2.27. The van der Waals surface area contributed by atoms with E-state index in [0.717, 1.165) is 23.2 Å². The van der Waals surface area contributed by atoms with Crippen LogP contribution in [-0.2, 0) is 11.3 Å². The van der Waals surface area contributed by atoms with Gasteiger partial charge in [-0.3, -0.25) is 4.79 Å². The molecule has 9 heteroatoms. The second-order valence-electron chi connectivity index (χ2n) is 7.06. The zero-order valence-electron chi connectivity index (χ0n) is 17.2. The summed E-state index contributed by atoms with van der Waals surface area (Å²) >= 11 is 0. The van der Waals surface area contributed by atoms with Crippen molar-refractivity contribution in [3.63, 3.8) is 0 Å². The van der Waals surface area contributed by atoms with Crippen LogP contribution in [0, 0.1) is 12.8 Å². The third kappa shape index (κ3) is 5.40. The van der Waals surface area contributed by atoms with Gasteiger partial charge in [0.2, 0.25) is 5.91 Å². The van der Waals surface area contributed by atoms with Gasteiger partial charge in [-0.05, 0) is 59.2 Å². The van der Waals surface area contributed by atoms with Gasteiger partial charge in [0, 0.05) is 23.8 Å². The van der Waals surface area contributed by atoms with Crippen LogP contribution < -0.4 is 16.0 Å². The normalized spacial score (nSPS) is 11.6. The number of hydrogen-bond donors (Lipinski definition) is 3. The Morgan fingerprint density at radius 2 is 1.97 bits per heavy atom. The molecule has 1 heterocycles. The highest BCUT2D eigenvalue weighted by atomic mass is 16.2. The zero-order valence-corrected chi connectivity index (χ0v) is 17.2. The minimum Gasteiger partial charge on any atom is -0.334 e. The van der Waals surface area contributed by atoms with E-state index >= 15 is 0 Å². The van der Waals surface area contributed by atoms with Crippen molar-refractivity contribution < 1.29 is 9.59 Å². The number of tetrazole rings is 1. The summed E-state index contributed by atoms with van der Waals surface area (Å²) in [5, 5.41) is 19.7. The molecule has 1 atom stereocenters. The Labute approximate surface area is 174 Å². The Bertz CT molecular complexity index is 1020. The summed E-state index contributed by atoms with van der Waals surface area (Å²) in [6, 6.07) is 12.6. The van der Waals surface area contributed by atoms with Gasteiger partial charge < -0.3 is 16.0 Å². The van der Waals surface area contributed by atoms with Crippen LogP contribution in [-0.4, -0.2) is 32.1 Å². The first-order valence-electron chi connectivity index (χ1n) is 9.75. The third-order valence-corrected chi connectivity index (χ3v) is 4.79. The Morgan fingerprint density at radius 1 is 1.13 bits per heavy atom. The van der Waals surface area contributed by atoms with Crippen molar-refractivity contribution in [2.24, 2.45) is 5.92 Å². The van der Waals surface area contributed by atoms with Gasteiger partial charge in [0.15, 0.2) is 0 Å². The number of anilines is 2. The monoisotopic (exact) mass is 407 g/mol. The van der Waals surface area contributed by atoms with E-state index in [1.165, 1.54) is 11.0 Å². The molecule has 0 unspecified atom stereocenters. The summed E-state index contributed by atoms with van der Waals surface area (Å²) in [4.78, 5) is 24.5. The lowest BCUT2D eigenvalue weighted by molar-refractivity contribution is -0.119. The molecular formula is C21H25N7O2. The van der Waals surface area contributed by atoms with Crippen molar-refractivity contribution in [1.29, 1.82) is 0 Å². The molecule has 0 spiro atoms. The molecule has 0 radical (unpaired) electrons. The first kappa shape index (κ1) is 21.0. The molecule has 2 aromatic carbocycles. The standard InChI is InChI=1S/C21H25N7O2/c1-4-14(2)20(29)24-17-7-5-6-16(10-17)12-22-21(30)25-19-11-18(9-8-15(19)3)28-13-23-26-27-28/h5-11,13-14H,4,12H2,1-3H3,(H,24,29)(H2,22,25,30)/t14-/m0/s1. The van der Waals surface area contributed by atoms with Crippen LogP contribution in [0.15, 0.2) is 48.8 Å². The molecule has 0 aliphatic heterocycles. The van der Waals surface area contributed by atoms with Crippen LogP contribution in [0.25, 0.3) is 5.69 Å². The van der Waals surface area contributed by atoms with E-state index in [-0.39, 0.29) is 17.9 Å². The Hall–Kier alpha value is -3.75. The highest BCUT2D eigenvalue weighted by Crippen LogP contribution is 2.19. The van der Waals surface area contributed by atoms with Gasteiger partial charge in [-0.15, -0.1) is 5.10 Å². The SMILES string of the molecule is CC[C@H](C)C(=O)Nc1cccc(CNC(=O)Nc2cc(-n3cnnn3)ccc2C)c1. The number of nitrogens with one attached hydrogen (secondary N) is 3. The lowest BCUT2D eigenvalue weighted by Crippen LogP contribution is -2.28. The number of nitrogens with zero attached hydrogens (tertiary/aromatic N) is 4. The Balaban J connectivity index is 1.59. The number of aryl methyl sites for hydroxylation is 1. The lowest BCUT2D eigenvalue weighted by atomic mass is 10.1. The van der Waals surface area contributed by atoms with Crippen molar-refractivity contribution in [2.45, 2.75) is 33.7 Å². The molecule has 1 aromatic heterocycles. The number of benzene rings is 2. The summed E-state index contributed by atoms with van der Waals surface area (Å²) in [6.45, 7) is 6.10. The predicted molar refractivity (Wildman–Crippen MR) is 114 cm³/mol. The third-order valence-electron chi connectivity index (χ3n) is 4.79. The zero-order chi connectivity index (χ0) is 21.5. The van der Waals surface area contributed by atoms with Crippen molar-refractivity contribution in [1.82, 2.24) is 25.5 Å². The van der Waals surface area contributed by atoms with Crippen LogP contribution in [0.5, 0.6) is 0 Å². The molecule has 3 aromatic rings. The van der Waals surface area contributed by atoms with E-state index in [4.69, 9.17) is 0 Å². The number of rotatable bonds is 7. The number of aromatic nitrogens is 4. The fourth-order valence-corrected chi connectivity index (χ4v) is 2.73. The molecule has 0 saturated heterocycles. The minimum atomic E-state index is -0.332. The molecule has 156 valence electrons. The van der Waals surface area contributed by atoms with Crippen LogP contribution in [0.1, 0.15) is 31.4 Å². The molecule has 0 aliphatic carbocycles. The maximum Gasteiger partial charge on any atom is 0.319 e. The van der Waals surface area contributed by atoms with Crippen LogP contribution in [0.4, 0.5) is 16.2 Å². The van der Waals surface area contributed by atoms with E-state index in [2.05, 4.69) is 31.5 Å². The largest absolute Gasteiger partial charge is 0.334 e. The van der Waals surface area contributed by atoms with Crippen LogP contribution in [0.2, 0.25) is 0 Å². The molecule has 3 amide bonds. The van der Waals surface area contributed by atoms with Gasteiger partial charge in [0.25, 0.3) is 0 Å². The second-order valence-corrected chi connectivity index (χ2v) is 7.06. The fraction of sp³-hybridized carbons (Fsp3) is 0.286. The molecule has 9 nitrogen and oxygen atoms in total. The highest BCUT2D eigenvalue weighted by molar-refractivity contribution is 5.92. The van der Waals surface area contributed by atoms with Crippen molar-refractivity contribution in [3.05, 3.63) is 59.9 Å². The number of carbonyl (C=O) groups excluding carboxylic acids is 2. The van der Waals surface area contributed by atoms with Crippen molar-refractivity contribution in [2.75, 3.05) is 10.6 Å². The van der Waals surface area contributed by atoms with E-state index in [0.29, 0.717) is 17.9 Å². The highest BCUT2D eigenvalue weighted by Gasteiger charge is 2.11. The number of hydrogen-bond acceptors (Lipinski definition) is 5. The van der Waals surface area contributed by atoms with E-state index in [1.807, 2.05) is 57.2 Å². The molecular weight excluding hydrogens is 382 g/mol. The molecule has 0 aliphatic rings. The topological polar surface area (TPSA) is 114 Å². The van der Waals surface area contributed by atoms with E-state index in [1.54, 1.807) is 6.07 Å². The average Bonchev–Trinajstić information content (AvgIpc) is 3.28. The maximum absolute atomic E-state index is 12.4. The summed E-state index contributed by atoms with van der Waals surface area (Å²) < 4.78 is 1.52. The first-order valence-corrected chi connectivity index (χ1v) is 9.75. The summed E-state index contributed by atoms with van der Waals surface area (Å²) in [7, 11) is 0. The van der Waals surface area contributed by atoms with Gasteiger partial charge in [0.05, 0.1) is 5.69 Å². The predicted octanol–water partition coefficient (Wildman–Crippen LogP) is 3.28. The quantitative estimate of drug-likeness (QED) is 0.556. The van der Waals surface area contributed by atoms with Gasteiger partial charge in [-0.1, -0.05) is 32.0 Å². The molecule has 0 saturated carbocycles. The van der Waals surface area contributed by atoms with Crippen LogP contribution >= 0.6 is 0 Å². The molecule has 30 heavy (non-hydrogen) atoms. The number of urea groups is 1. The fourth-order valence-electron chi connectivity index (χ4n) is 2.73. The van der Waals surface area contributed by atoms with Crippen molar-refractivity contribution in [3.8, 4) is 5.69 Å². The molecule has 0 bridgehead atoms. The van der Waals surface area contributed by atoms with Gasteiger partial charge in [-0.2, -0.15) is 0 Å².